The molecule has 0 unspecified atom stereocenters. The molecule has 0 amide bonds. The van der Waals surface area contributed by atoms with Crippen LogP contribution in [0.3, 0.4) is 0 Å². The van der Waals surface area contributed by atoms with Crippen molar-refractivity contribution in [2.24, 2.45) is 0 Å². The Morgan fingerprint density at radius 2 is 1.90 bits per heavy atom. The van der Waals surface area contributed by atoms with Crippen LogP contribution in [0.4, 0.5) is 5.69 Å². The first-order chi connectivity index (χ1) is 9.79. The third kappa shape index (κ3) is 3.64. The summed E-state index contributed by atoms with van der Waals surface area (Å²) < 4.78 is 27.0. The molecule has 1 fully saturated rings. The number of Topliss-reactive ketones (excluding diaryl/α,β-unsaturated/α-hetero) is 1. The van der Waals surface area contributed by atoms with Gasteiger partial charge in [0, 0.05) is 30.5 Å². The fourth-order valence-corrected chi connectivity index (χ4v) is 3.62. The van der Waals surface area contributed by atoms with Gasteiger partial charge >= 0.3 is 0 Å². The number of carbonyl (C=O) groups excluding carboxylic acids is 1. The van der Waals surface area contributed by atoms with Crippen LogP contribution in [0.25, 0.3) is 0 Å². The molecular formula is C13H16N2O5S. The number of hydrogen-bond acceptors (Lipinski definition) is 5. The number of aryl methyl sites for hydroxylation is 1. The molecule has 1 aromatic carbocycles. The quantitative estimate of drug-likeness (QED) is 0.672. The second kappa shape index (κ2) is 5.90. The minimum atomic E-state index is -3.82. The molecule has 2 rings (SSSR count). The van der Waals surface area contributed by atoms with Crippen LogP contribution in [0.5, 0.6) is 0 Å². The maximum Gasteiger partial charge on any atom is 0.273 e. The van der Waals surface area contributed by atoms with Gasteiger partial charge in [-0.15, -0.1) is 0 Å². The monoisotopic (exact) mass is 312 g/mol. The molecule has 21 heavy (non-hydrogen) atoms. The van der Waals surface area contributed by atoms with Crippen LogP contribution < -0.4 is 4.72 Å². The predicted molar refractivity (Wildman–Crippen MR) is 75.4 cm³/mol. The molecule has 1 saturated carbocycles. The molecule has 8 heteroatoms. The van der Waals surface area contributed by atoms with E-state index in [0.29, 0.717) is 31.2 Å². The summed E-state index contributed by atoms with van der Waals surface area (Å²) in [6.07, 6.45) is 1.65. The van der Waals surface area contributed by atoms with Crippen molar-refractivity contribution in [1.29, 1.82) is 0 Å². The van der Waals surface area contributed by atoms with Gasteiger partial charge in [-0.25, -0.2) is 13.1 Å². The Balaban J connectivity index is 2.21. The summed E-state index contributed by atoms with van der Waals surface area (Å²) in [4.78, 5) is 21.3. The Morgan fingerprint density at radius 1 is 1.29 bits per heavy atom. The number of sulfonamides is 1. The molecular weight excluding hydrogens is 296 g/mol. The maximum atomic E-state index is 12.2. The third-order valence-electron chi connectivity index (χ3n) is 3.55. The van der Waals surface area contributed by atoms with E-state index in [0.717, 1.165) is 6.07 Å². The highest BCUT2D eigenvalue weighted by Gasteiger charge is 2.26. The molecule has 0 heterocycles. The van der Waals surface area contributed by atoms with Gasteiger partial charge in [0.05, 0.1) is 9.82 Å². The summed E-state index contributed by atoms with van der Waals surface area (Å²) in [5.41, 5.74) is 0.180. The van der Waals surface area contributed by atoms with E-state index in [-0.39, 0.29) is 22.4 Å². The van der Waals surface area contributed by atoms with Crippen LogP contribution in [0.1, 0.15) is 31.2 Å². The Bertz CT molecular complexity index is 674. The van der Waals surface area contributed by atoms with E-state index in [9.17, 15) is 23.3 Å². The fraction of sp³-hybridized carbons (Fsp3) is 0.462. The maximum absolute atomic E-state index is 12.2. The number of benzene rings is 1. The lowest BCUT2D eigenvalue weighted by molar-refractivity contribution is -0.385. The van der Waals surface area contributed by atoms with Gasteiger partial charge in [0.1, 0.15) is 5.78 Å². The zero-order valence-corrected chi connectivity index (χ0v) is 12.4. The number of nitrogens with zero attached hydrogens (tertiary/aromatic N) is 1. The van der Waals surface area contributed by atoms with Crippen molar-refractivity contribution in [2.75, 3.05) is 0 Å². The van der Waals surface area contributed by atoms with Crippen LogP contribution in [-0.4, -0.2) is 25.2 Å². The minimum absolute atomic E-state index is 0.128. The molecule has 114 valence electrons. The number of ketones is 1. The second-order valence-corrected chi connectivity index (χ2v) is 6.85. The van der Waals surface area contributed by atoms with Crippen molar-refractivity contribution >= 4 is 21.5 Å². The summed E-state index contributed by atoms with van der Waals surface area (Å²) in [5, 5.41) is 10.9. The van der Waals surface area contributed by atoms with Crippen LogP contribution in [-0.2, 0) is 14.8 Å². The SMILES string of the molecule is Cc1ccc(S(=O)(=O)NC2CCC(=O)CC2)cc1[N+](=O)[O-]. The molecule has 0 aromatic heterocycles. The Morgan fingerprint density at radius 3 is 2.48 bits per heavy atom. The van der Waals surface area contributed by atoms with Crippen molar-refractivity contribution in [3.8, 4) is 0 Å². The first-order valence-electron chi connectivity index (χ1n) is 6.58. The van der Waals surface area contributed by atoms with Gasteiger partial charge in [0.25, 0.3) is 5.69 Å². The Kier molecular flexibility index (Phi) is 4.38. The van der Waals surface area contributed by atoms with E-state index in [1.165, 1.54) is 12.1 Å². The highest BCUT2D eigenvalue weighted by Crippen LogP contribution is 2.23. The first kappa shape index (κ1) is 15.6. The molecule has 0 saturated heterocycles. The van der Waals surface area contributed by atoms with Gasteiger partial charge in [0.2, 0.25) is 10.0 Å². The normalized spacial score (nSPS) is 16.9. The molecule has 1 N–H and O–H groups in total. The molecule has 7 nitrogen and oxygen atoms in total. The summed E-state index contributed by atoms with van der Waals surface area (Å²) in [5.74, 6) is 0.136. The number of nitrogens with one attached hydrogen (secondary N) is 1. The molecule has 0 radical (unpaired) electrons. The highest BCUT2D eigenvalue weighted by molar-refractivity contribution is 7.89. The zero-order valence-electron chi connectivity index (χ0n) is 11.5. The van der Waals surface area contributed by atoms with Gasteiger partial charge in [-0.1, -0.05) is 6.07 Å². The second-order valence-electron chi connectivity index (χ2n) is 5.14. The molecule has 0 aliphatic heterocycles. The molecule has 1 aromatic rings. The number of hydrogen-bond donors (Lipinski definition) is 1. The Hall–Kier alpha value is -1.80. The van der Waals surface area contributed by atoms with Crippen LogP contribution in [0.2, 0.25) is 0 Å². The van der Waals surface area contributed by atoms with E-state index in [1.807, 2.05) is 0 Å². The first-order valence-corrected chi connectivity index (χ1v) is 8.07. The highest BCUT2D eigenvalue weighted by atomic mass is 32.2. The standard InChI is InChI=1S/C13H16N2O5S/c1-9-2-7-12(8-13(9)15(17)18)21(19,20)14-10-3-5-11(16)6-4-10/h2,7-8,10,14H,3-6H2,1H3. The molecule has 0 bridgehead atoms. The van der Waals surface area contributed by atoms with Crippen LogP contribution in [0.15, 0.2) is 23.1 Å². The smallest absolute Gasteiger partial charge is 0.273 e. The van der Waals surface area contributed by atoms with Gasteiger partial charge < -0.3 is 0 Å². The summed E-state index contributed by atoms with van der Waals surface area (Å²) in [7, 11) is -3.82. The number of nitro groups is 1. The van der Waals surface area contributed by atoms with Crippen LogP contribution in [0, 0.1) is 17.0 Å². The van der Waals surface area contributed by atoms with Crippen LogP contribution >= 0.6 is 0 Å². The summed E-state index contributed by atoms with van der Waals surface area (Å²) >= 11 is 0. The fourth-order valence-electron chi connectivity index (χ4n) is 2.30. The lowest BCUT2D eigenvalue weighted by Gasteiger charge is -2.22. The van der Waals surface area contributed by atoms with Gasteiger partial charge in [-0.05, 0) is 25.8 Å². The van der Waals surface area contributed by atoms with Crippen molar-refractivity contribution in [2.45, 2.75) is 43.5 Å². The zero-order chi connectivity index (χ0) is 15.6. The van der Waals surface area contributed by atoms with Gasteiger partial charge in [-0.2, -0.15) is 0 Å². The van der Waals surface area contributed by atoms with Crippen molar-refractivity contribution in [1.82, 2.24) is 4.72 Å². The van der Waals surface area contributed by atoms with E-state index in [4.69, 9.17) is 0 Å². The molecule has 0 spiro atoms. The van der Waals surface area contributed by atoms with E-state index in [2.05, 4.69) is 4.72 Å². The number of carbonyl (C=O) groups is 1. The average molecular weight is 312 g/mol. The lowest BCUT2D eigenvalue weighted by atomic mass is 9.95. The molecule has 0 atom stereocenters. The topological polar surface area (TPSA) is 106 Å². The lowest BCUT2D eigenvalue weighted by Crippen LogP contribution is -2.37. The summed E-state index contributed by atoms with van der Waals surface area (Å²) in [6.45, 7) is 1.55. The molecule has 1 aliphatic rings. The number of rotatable bonds is 4. The third-order valence-corrected chi connectivity index (χ3v) is 5.07. The largest absolute Gasteiger partial charge is 0.300 e. The van der Waals surface area contributed by atoms with Crippen molar-refractivity contribution in [3.63, 3.8) is 0 Å². The van der Waals surface area contributed by atoms with Crippen molar-refractivity contribution < 1.29 is 18.1 Å². The van der Waals surface area contributed by atoms with Gasteiger partial charge in [-0.3, -0.25) is 14.9 Å². The van der Waals surface area contributed by atoms with E-state index >= 15 is 0 Å². The van der Waals surface area contributed by atoms with E-state index in [1.54, 1.807) is 6.92 Å². The minimum Gasteiger partial charge on any atom is -0.300 e. The van der Waals surface area contributed by atoms with Gasteiger partial charge in [0.15, 0.2) is 0 Å². The van der Waals surface area contributed by atoms with Crippen molar-refractivity contribution in [3.05, 3.63) is 33.9 Å². The Labute approximate surface area is 122 Å². The molecule has 1 aliphatic carbocycles. The average Bonchev–Trinajstić information content (AvgIpc) is 2.41. The predicted octanol–water partition coefficient (Wildman–Crippen LogP) is 1.69. The summed E-state index contributed by atoms with van der Waals surface area (Å²) in [6, 6.07) is 3.52. The van der Waals surface area contributed by atoms with E-state index < -0.39 is 14.9 Å². The number of nitro benzene ring substituents is 1.